The molecule has 3 rings (SSSR count). The molecule has 2 saturated carbocycles. The normalized spacial score (nSPS) is 33.5. The first-order chi connectivity index (χ1) is 9.64. The molecule has 2 atom stereocenters. The summed E-state index contributed by atoms with van der Waals surface area (Å²) >= 11 is 1.50. The maximum absolute atomic E-state index is 12.9. The average Bonchev–Trinajstić information content (AvgIpc) is 2.85. The molecule has 0 spiro atoms. The summed E-state index contributed by atoms with van der Waals surface area (Å²) in [5.41, 5.74) is -0.292. The number of ketones is 1. The predicted molar refractivity (Wildman–Crippen MR) is 83.4 cm³/mol. The highest BCUT2D eigenvalue weighted by atomic mass is 32.1. The summed E-state index contributed by atoms with van der Waals surface area (Å²) in [4.78, 5) is 30.8. The van der Waals surface area contributed by atoms with Crippen LogP contribution in [0.1, 0.15) is 50.6 Å². The number of hydrogen-bond donors (Lipinski definition) is 1. The molecule has 0 aliphatic heterocycles. The monoisotopic (exact) mass is 306 g/mol. The number of nitrogens with zero attached hydrogens (tertiary/aromatic N) is 1. The van der Waals surface area contributed by atoms with Crippen LogP contribution < -0.4 is 5.32 Å². The Kier molecular flexibility index (Phi) is 2.91. The number of Topliss-reactive ketones (excluding diaryl/α,β-unsaturated/α-hetero) is 1. The van der Waals surface area contributed by atoms with E-state index in [9.17, 15) is 9.59 Å². The quantitative estimate of drug-likeness (QED) is 0.910. The zero-order valence-electron chi connectivity index (χ0n) is 13.3. The second-order valence-corrected chi connectivity index (χ2v) is 8.46. The second-order valence-electron chi connectivity index (χ2n) is 7.25. The van der Waals surface area contributed by atoms with E-state index in [1.165, 1.54) is 11.3 Å². The van der Waals surface area contributed by atoms with Gasteiger partial charge >= 0.3 is 0 Å². The van der Waals surface area contributed by atoms with Crippen LogP contribution in [0.15, 0.2) is 0 Å². The summed E-state index contributed by atoms with van der Waals surface area (Å²) in [5, 5.41) is 3.62. The highest BCUT2D eigenvalue weighted by Crippen LogP contribution is 2.70. The summed E-state index contributed by atoms with van der Waals surface area (Å²) in [6.45, 7) is 10.1. The minimum atomic E-state index is -0.577. The van der Waals surface area contributed by atoms with Crippen molar-refractivity contribution in [3.8, 4) is 0 Å². The number of aryl methyl sites for hydroxylation is 2. The van der Waals surface area contributed by atoms with Gasteiger partial charge < -0.3 is 5.32 Å². The van der Waals surface area contributed by atoms with Crippen molar-refractivity contribution in [3.05, 3.63) is 10.6 Å². The van der Waals surface area contributed by atoms with E-state index in [2.05, 4.69) is 24.1 Å². The molecule has 5 heteroatoms. The number of anilines is 1. The third kappa shape index (κ3) is 1.64. The van der Waals surface area contributed by atoms with Crippen LogP contribution in [-0.2, 0) is 9.59 Å². The topological polar surface area (TPSA) is 59.1 Å². The minimum Gasteiger partial charge on any atom is -0.301 e. The molecule has 2 aliphatic rings. The molecule has 0 unspecified atom stereocenters. The summed E-state index contributed by atoms with van der Waals surface area (Å²) < 4.78 is 0. The van der Waals surface area contributed by atoms with Gasteiger partial charge in [-0.05, 0) is 32.1 Å². The van der Waals surface area contributed by atoms with Crippen LogP contribution in [0.3, 0.4) is 0 Å². The van der Waals surface area contributed by atoms with Crippen molar-refractivity contribution < 1.29 is 9.59 Å². The van der Waals surface area contributed by atoms with E-state index in [4.69, 9.17) is 0 Å². The van der Waals surface area contributed by atoms with Crippen LogP contribution in [0.5, 0.6) is 0 Å². The first kappa shape index (κ1) is 14.7. The lowest BCUT2D eigenvalue weighted by atomic mass is 9.64. The number of hydrogen-bond acceptors (Lipinski definition) is 4. The van der Waals surface area contributed by atoms with Gasteiger partial charge in [0.25, 0.3) is 0 Å². The molecule has 4 nitrogen and oxygen atoms in total. The van der Waals surface area contributed by atoms with Gasteiger partial charge in [-0.15, -0.1) is 11.3 Å². The maximum atomic E-state index is 12.9. The molecular formula is C16H22N2O2S. The second kappa shape index (κ2) is 4.15. The standard InChI is InChI=1S/C16H22N2O2S/c1-9-10(2)21-13(17-9)18-12(20)16-7-6-15(5,11(19)8-16)14(16,3)4/h6-8H2,1-5H3,(H,17,18,20)/t15-,16-/m1/s1. The van der Waals surface area contributed by atoms with Gasteiger partial charge in [0.1, 0.15) is 5.78 Å². The number of carbonyl (C=O) groups excluding carboxylic acids is 2. The molecule has 1 amide bonds. The van der Waals surface area contributed by atoms with Crippen LogP contribution in [0, 0.1) is 30.1 Å². The molecule has 1 N–H and O–H groups in total. The summed E-state index contributed by atoms with van der Waals surface area (Å²) in [6, 6.07) is 0. The van der Waals surface area contributed by atoms with Gasteiger partial charge in [0, 0.05) is 16.7 Å². The Morgan fingerprint density at radius 3 is 2.33 bits per heavy atom. The molecule has 1 aromatic heterocycles. The molecule has 0 aromatic carbocycles. The fourth-order valence-electron chi connectivity index (χ4n) is 4.10. The molecular weight excluding hydrogens is 284 g/mol. The first-order valence-corrected chi connectivity index (χ1v) is 8.24. The zero-order chi connectivity index (χ0) is 15.6. The molecule has 21 heavy (non-hydrogen) atoms. The fraction of sp³-hybridized carbons (Fsp3) is 0.688. The molecule has 2 aliphatic carbocycles. The van der Waals surface area contributed by atoms with E-state index >= 15 is 0 Å². The highest BCUT2D eigenvalue weighted by Gasteiger charge is 2.72. The van der Waals surface area contributed by atoms with Gasteiger partial charge in [-0.25, -0.2) is 4.98 Å². The predicted octanol–water partition coefficient (Wildman–Crippen LogP) is 3.48. The van der Waals surface area contributed by atoms with Crippen molar-refractivity contribution in [1.82, 2.24) is 4.98 Å². The molecule has 0 saturated heterocycles. The lowest BCUT2D eigenvalue weighted by Crippen LogP contribution is -2.43. The van der Waals surface area contributed by atoms with E-state index in [0.29, 0.717) is 11.6 Å². The third-order valence-corrected chi connectivity index (χ3v) is 7.38. The van der Waals surface area contributed by atoms with Crippen LogP contribution >= 0.6 is 11.3 Å². The van der Waals surface area contributed by atoms with Crippen LogP contribution in [-0.4, -0.2) is 16.7 Å². The molecule has 1 heterocycles. The Morgan fingerprint density at radius 2 is 1.90 bits per heavy atom. The number of carbonyl (C=O) groups is 2. The summed E-state index contributed by atoms with van der Waals surface area (Å²) in [6.07, 6.45) is 1.96. The van der Waals surface area contributed by atoms with Gasteiger partial charge in [-0.1, -0.05) is 20.8 Å². The molecule has 2 bridgehead atoms. The van der Waals surface area contributed by atoms with Crippen molar-refractivity contribution >= 4 is 28.2 Å². The van der Waals surface area contributed by atoms with Gasteiger partial charge in [0.05, 0.1) is 11.1 Å². The summed E-state index contributed by atoms with van der Waals surface area (Å²) in [7, 11) is 0. The van der Waals surface area contributed by atoms with E-state index in [0.717, 1.165) is 23.4 Å². The largest absolute Gasteiger partial charge is 0.301 e. The van der Waals surface area contributed by atoms with Crippen LogP contribution in [0.2, 0.25) is 0 Å². The number of aromatic nitrogens is 1. The highest BCUT2D eigenvalue weighted by molar-refractivity contribution is 7.15. The Balaban J connectivity index is 1.93. The average molecular weight is 306 g/mol. The van der Waals surface area contributed by atoms with Crippen molar-refractivity contribution in [2.24, 2.45) is 16.2 Å². The first-order valence-electron chi connectivity index (χ1n) is 7.43. The molecule has 2 fully saturated rings. The lowest BCUT2D eigenvalue weighted by Gasteiger charge is -2.38. The lowest BCUT2D eigenvalue weighted by molar-refractivity contribution is -0.131. The number of fused-ring (bicyclic) bond motifs is 2. The van der Waals surface area contributed by atoms with Gasteiger partial charge in [0.2, 0.25) is 5.91 Å². The van der Waals surface area contributed by atoms with E-state index in [1.807, 2.05) is 20.8 Å². The van der Waals surface area contributed by atoms with Gasteiger partial charge in [-0.3, -0.25) is 9.59 Å². The Morgan fingerprint density at radius 1 is 1.24 bits per heavy atom. The van der Waals surface area contributed by atoms with Crippen LogP contribution in [0.25, 0.3) is 0 Å². The number of amides is 1. The zero-order valence-corrected chi connectivity index (χ0v) is 14.1. The van der Waals surface area contributed by atoms with Crippen molar-refractivity contribution in [1.29, 1.82) is 0 Å². The van der Waals surface area contributed by atoms with Gasteiger partial charge in [0.15, 0.2) is 5.13 Å². The number of nitrogens with one attached hydrogen (secondary N) is 1. The van der Waals surface area contributed by atoms with Crippen molar-refractivity contribution in [2.45, 2.75) is 53.9 Å². The number of thiazole rings is 1. The Labute approximate surface area is 129 Å². The number of rotatable bonds is 2. The van der Waals surface area contributed by atoms with E-state index in [-0.39, 0.29) is 22.5 Å². The Hall–Kier alpha value is -1.23. The van der Waals surface area contributed by atoms with E-state index in [1.54, 1.807) is 0 Å². The van der Waals surface area contributed by atoms with E-state index < -0.39 is 5.41 Å². The SMILES string of the molecule is Cc1nc(NC(=O)[C@@]23CC[C@](C)(C(=O)C2)C3(C)C)sc1C. The third-order valence-electron chi connectivity index (χ3n) is 6.39. The smallest absolute Gasteiger partial charge is 0.233 e. The molecule has 0 radical (unpaired) electrons. The minimum absolute atomic E-state index is 0.0316. The summed E-state index contributed by atoms with van der Waals surface area (Å²) in [5.74, 6) is 0.205. The molecule has 1 aromatic rings. The van der Waals surface area contributed by atoms with Crippen molar-refractivity contribution in [2.75, 3.05) is 5.32 Å². The molecule has 114 valence electrons. The van der Waals surface area contributed by atoms with Crippen LogP contribution in [0.4, 0.5) is 5.13 Å². The Bertz CT molecular complexity index is 629. The van der Waals surface area contributed by atoms with Gasteiger partial charge in [-0.2, -0.15) is 0 Å². The maximum Gasteiger partial charge on any atom is 0.233 e. The fourth-order valence-corrected chi connectivity index (χ4v) is 4.91. The van der Waals surface area contributed by atoms with Crippen molar-refractivity contribution in [3.63, 3.8) is 0 Å².